The fourth-order valence-corrected chi connectivity index (χ4v) is 3.37. The molecule has 3 heterocycles. The van der Waals surface area contributed by atoms with Crippen molar-refractivity contribution < 1.29 is 19.7 Å². The molecular formula is C18H20N6O4. The lowest BCUT2D eigenvalue weighted by atomic mass is 10.1. The number of imidazole rings is 1. The number of para-hydroxylation sites is 1. The molecule has 0 unspecified atom stereocenters. The van der Waals surface area contributed by atoms with Crippen LogP contribution in [-0.2, 0) is 9.53 Å². The number of carbonyl (C=O) groups excluding carboxylic acids is 1. The second kappa shape index (κ2) is 6.82. The normalized spacial score (nSPS) is 24.6. The molecule has 1 fully saturated rings. The van der Waals surface area contributed by atoms with Crippen LogP contribution in [0.5, 0.6) is 0 Å². The Morgan fingerprint density at radius 3 is 2.61 bits per heavy atom. The summed E-state index contributed by atoms with van der Waals surface area (Å²) in [6.45, 7) is 3.74. The summed E-state index contributed by atoms with van der Waals surface area (Å²) in [5.74, 6) is -0.369. The molecule has 1 aliphatic rings. The smallest absolute Gasteiger partial charge is 0.256 e. The minimum absolute atomic E-state index is 0.182. The van der Waals surface area contributed by atoms with Crippen LogP contribution in [0.1, 0.15) is 17.4 Å². The molecule has 146 valence electrons. The van der Waals surface area contributed by atoms with E-state index in [0.29, 0.717) is 16.9 Å². The maximum Gasteiger partial charge on any atom is 0.256 e. The Balaban J connectivity index is 1.61. The van der Waals surface area contributed by atoms with Crippen LogP contribution in [0.2, 0.25) is 0 Å². The van der Waals surface area contributed by atoms with E-state index in [2.05, 4.69) is 20.3 Å². The van der Waals surface area contributed by atoms with Crippen molar-refractivity contribution in [3.05, 3.63) is 42.0 Å². The number of anilines is 2. The van der Waals surface area contributed by atoms with Gasteiger partial charge < -0.3 is 26.0 Å². The lowest BCUT2D eigenvalue weighted by Gasteiger charge is -2.17. The molecule has 28 heavy (non-hydrogen) atoms. The average Bonchev–Trinajstić information content (AvgIpc) is 3.21. The topological polar surface area (TPSA) is 148 Å². The van der Waals surface area contributed by atoms with Gasteiger partial charge >= 0.3 is 0 Å². The lowest BCUT2D eigenvalue weighted by Crippen LogP contribution is -2.39. The van der Waals surface area contributed by atoms with Gasteiger partial charge in [-0.05, 0) is 25.0 Å². The average molecular weight is 384 g/mol. The molecule has 10 nitrogen and oxygen atoms in total. The van der Waals surface area contributed by atoms with E-state index in [1.165, 1.54) is 17.2 Å². The Morgan fingerprint density at radius 2 is 1.89 bits per heavy atom. The largest absolute Gasteiger partial charge is 0.387 e. The monoisotopic (exact) mass is 384 g/mol. The summed E-state index contributed by atoms with van der Waals surface area (Å²) in [5, 5.41) is 23.7. The van der Waals surface area contributed by atoms with E-state index in [1.54, 1.807) is 0 Å². The SMILES string of the molecule is Cc1cccc(C)c1NC(=O)[C@H]1O[C@@H](n2cnc3c(N)ncnc32)[C@H](O)[C@@H]1O. The molecule has 10 heteroatoms. The molecular weight excluding hydrogens is 364 g/mol. The molecule has 4 atom stereocenters. The fraction of sp³-hybridized carbons (Fsp3) is 0.333. The Morgan fingerprint density at radius 1 is 1.18 bits per heavy atom. The number of amides is 1. The van der Waals surface area contributed by atoms with Gasteiger partial charge in [0.15, 0.2) is 23.8 Å². The van der Waals surface area contributed by atoms with Crippen molar-refractivity contribution in [2.75, 3.05) is 11.1 Å². The highest BCUT2D eigenvalue weighted by Gasteiger charge is 2.48. The van der Waals surface area contributed by atoms with Gasteiger partial charge in [0.2, 0.25) is 0 Å². The van der Waals surface area contributed by atoms with E-state index in [4.69, 9.17) is 10.5 Å². The van der Waals surface area contributed by atoms with Gasteiger partial charge in [-0.1, -0.05) is 18.2 Å². The Hall–Kier alpha value is -3.08. The van der Waals surface area contributed by atoms with Crippen molar-refractivity contribution in [3.8, 4) is 0 Å². The summed E-state index contributed by atoms with van der Waals surface area (Å²) in [5.41, 5.74) is 8.86. The van der Waals surface area contributed by atoms with Crippen molar-refractivity contribution >= 4 is 28.6 Å². The third kappa shape index (κ3) is 2.87. The number of nitrogens with one attached hydrogen (secondary N) is 1. The molecule has 1 saturated heterocycles. The van der Waals surface area contributed by atoms with Gasteiger partial charge in [0.1, 0.15) is 24.1 Å². The number of carbonyl (C=O) groups is 1. The molecule has 4 rings (SSSR count). The van der Waals surface area contributed by atoms with Crippen LogP contribution in [0.15, 0.2) is 30.9 Å². The van der Waals surface area contributed by atoms with Gasteiger partial charge in [0, 0.05) is 5.69 Å². The van der Waals surface area contributed by atoms with Crippen molar-refractivity contribution in [1.29, 1.82) is 0 Å². The minimum Gasteiger partial charge on any atom is -0.387 e. The maximum absolute atomic E-state index is 12.7. The third-order valence-electron chi connectivity index (χ3n) is 4.89. The van der Waals surface area contributed by atoms with Gasteiger partial charge in [-0.3, -0.25) is 9.36 Å². The summed E-state index contributed by atoms with van der Waals surface area (Å²) in [4.78, 5) is 24.8. The number of benzene rings is 1. The zero-order valence-electron chi connectivity index (χ0n) is 15.3. The summed E-state index contributed by atoms with van der Waals surface area (Å²) < 4.78 is 7.13. The van der Waals surface area contributed by atoms with Gasteiger partial charge in [-0.25, -0.2) is 15.0 Å². The molecule has 0 saturated carbocycles. The van der Waals surface area contributed by atoms with Crippen LogP contribution in [0.3, 0.4) is 0 Å². The first kappa shape index (κ1) is 18.3. The zero-order valence-corrected chi connectivity index (χ0v) is 15.3. The lowest BCUT2D eigenvalue weighted by molar-refractivity contribution is -0.132. The molecule has 1 aromatic carbocycles. The second-order valence-electron chi connectivity index (χ2n) is 6.77. The second-order valence-corrected chi connectivity index (χ2v) is 6.77. The number of nitrogen functional groups attached to an aromatic ring is 1. The molecule has 0 bridgehead atoms. The van der Waals surface area contributed by atoms with Gasteiger partial charge in [-0.2, -0.15) is 0 Å². The van der Waals surface area contributed by atoms with Crippen LogP contribution in [-0.4, -0.2) is 54.0 Å². The first-order valence-electron chi connectivity index (χ1n) is 8.70. The number of ether oxygens (including phenoxy) is 1. The van der Waals surface area contributed by atoms with Crippen LogP contribution in [0.25, 0.3) is 11.2 Å². The maximum atomic E-state index is 12.7. The number of rotatable bonds is 3. The van der Waals surface area contributed by atoms with Crippen molar-refractivity contribution in [1.82, 2.24) is 19.5 Å². The predicted molar refractivity (Wildman–Crippen MR) is 100 cm³/mol. The molecule has 0 radical (unpaired) electrons. The summed E-state index contributed by atoms with van der Waals surface area (Å²) in [6.07, 6.45) is -2.46. The molecule has 2 aromatic heterocycles. The van der Waals surface area contributed by atoms with E-state index >= 15 is 0 Å². The molecule has 1 aliphatic heterocycles. The number of nitrogens with two attached hydrogens (primary N) is 1. The number of aryl methyl sites for hydroxylation is 2. The van der Waals surface area contributed by atoms with Crippen LogP contribution in [0, 0.1) is 13.8 Å². The van der Waals surface area contributed by atoms with E-state index < -0.39 is 30.4 Å². The number of hydrogen-bond acceptors (Lipinski definition) is 8. The minimum atomic E-state index is -1.43. The molecule has 0 spiro atoms. The number of aliphatic hydroxyl groups is 2. The zero-order chi connectivity index (χ0) is 20.0. The quantitative estimate of drug-likeness (QED) is 0.503. The Labute approximate surface area is 160 Å². The Kier molecular flexibility index (Phi) is 4.46. The summed E-state index contributed by atoms with van der Waals surface area (Å²) >= 11 is 0. The van der Waals surface area contributed by atoms with E-state index in [-0.39, 0.29) is 5.82 Å². The molecule has 0 aliphatic carbocycles. The number of nitrogens with zero attached hydrogens (tertiary/aromatic N) is 4. The van der Waals surface area contributed by atoms with Crippen LogP contribution >= 0.6 is 0 Å². The highest BCUT2D eigenvalue weighted by Crippen LogP contribution is 2.33. The third-order valence-corrected chi connectivity index (χ3v) is 4.89. The van der Waals surface area contributed by atoms with Crippen LogP contribution in [0.4, 0.5) is 11.5 Å². The predicted octanol–water partition coefficient (Wildman–Crippen LogP) is 0.283. The van der Waals surface area contributed by atoms with Gasteiger partial charge in [0.05, 0.1) is 6.33 Å². The first-order valence-corrected chi connectivity index (χ1v) is 8.70. The first-order chi connectivity index (χ1) is 13.4. The van der Waals surface area contributed by atoms with E-state index in [1.807, 2.05) is 32.0 Å². The molecule has 1 amide bonds. The summed E-state index contributed by atoms with van der Waals surface area (Å²) in [7, 11) is 0. The van der Waals surface area contributed by atoms with Crippen molar-refractivity contribution in [3.63, 3.8) is 0 Å². The van der Waals surface area contributed by atoms with Gasteiger partial charge in [0.25, 0.3) is 5.91 Å². The van der Waals surface area contributed by atoms with E-state index in [0.717, 1.165) is 11.1 Å². The molecule has 3 aromatic rings. The van der Waals surface area contributed by atoms with Gasteiger partial charge in [-0.15, -0.1) is 0 Å². The fourth-order valence-electron chi connectivity index (χ4n) is 3.37. The summed E-state index contributed by atoms with van der Waals surface area (Å²) in [6, 6.07) is 5.63. The number of aromatic nitrogens is 4. The highest BCUT2D eigenvalue weighted by atomic mass is 16.6. The highest BCUT2D eigenvalue weighted by molar-refractivity contribution is 5.96. The van der Waals surface area contributed by atoms with Crippen molar-refractivity contribution in [2.24, 2.45) is 0 Å². The Bertz CT molecular complexity index is 1030. The number of aliphatic hydroxyl groups excluding tert-OH is 2. The van der Waals surface area contributed by atoms with Crippen molar-refractivity contribution in [2.45, 2.75) is 38.4 Å². The molecule has 5 N–H and O–H groups in total. The van der Waals surface area contributed by atoms with Crippen LogP contribution < -0.4 is 11.1 Å². The standard InChI is InChI=1S/C18H20N6O4/c1-8-4-3-5-9(2)10(8)23-17(27)14-12(25)13(26)18(28-14)24-7-22-11-15(19)20-6-21-16(11)24/h3-7,12-14,18,25-26H,1-2H3,(H,23,27)(H2,19,20,21)/t12-,13+,14-,18+/m0/s1. The number of fused-ring (bicyclic) bond motifs is 1. The van der Waals surface area contributed by atoms with E-state index in [9.17, 15) is 15.0 Å². The number of hydrogen-bond donors (Lipinski definition) is 4.